The van der Waals surface area contributed by atoms with E-state index < -0.39 is 5.97 Å². The van der Waals surface area contributed by atoms with Gasteiger partial charge in [0.1, 0.15) is 6.10 Å². The Kier molecular flexibility index (Phi) is 4.04. The second-order valence-corrected chi connectivity index (χ2v) is 4.24. The van der Waals surface area contributed by atoms with Crippen LogP contribution >= 0.6 is 0 Å². The minimum Gasteiger partial charge on any atom is -0.493 e. The van der Waals surface area contributed by atoms with Crippen LogP contribution in [0, 0.1) is 0 Å². The number of methoxy groups -OCH3 is 1. The molecule has 0 spiro atoms. The van der Waals surface area contributed by atoms with Gasteiger partial charge in [-0.2, -0.15) is 0 Å². The smallest absolute Gasteiger partial charge is 0.335 e. The fraction of sp³-hybridized carbons (Fsp3) is 0.462. The van der Waals surface area contributed by atoms with Crippen LogP contribution in [0.5, 0.6) is 11.5 Å². The van der Waals surface area contributed by atoms with Crippen LogP contribution in [0.4, 0.5) is 0 Å². The summed E-state index contributed by atoms with van der Waals surface area (Å²) >= 11 is 0. The van der Waals surface area contributed by atoms with E-state index in [1.165, 1.54) is 12.1 Å². The lowest BCUT2D eigenvalue weighted by atomic mass is 10.1. The fourth-order valence-corrected chi connectivity index (χ4v) is 1.99. The first kappa shape index (κ1) is 12.7. The molecule has 0 amide bonds. The summed E-state index contributed by atoms with van der Waals surface area (Å²) in [4.78, 5) is 10.9. The second kappa shape index (κ2) is 5.73. The van der Waals surface area contributed by atoms with Gasteiger partial charge in [-0.1, -0.05) is 0 Å². The minimum absolute atomic E-state index is 0.115. The summed E-state index contributed by atoms with van der Waals surface area (Å²) in [6.07, 6.45) is 1.95. The molecule has 0 aromatic heterocycles. The van der Waals surface area contributed by atoms with E-state index in [9.17, 15) is 4.79 Å². The first-order valence-electron chi connectivity index (χ1n) is 5.99. The van der Waals surface area contributed by atoms with Crippen LogP contribution in [0.2, 0.25) is 0 Å². The highest BCUT2D eigenvalue weighted by atomic mass is 16.5. The number of carboxylic acid groups (broad SMARTS) is 1. The third-order valence-electron chi connectivity index (χ3n) is 2.99. The van der Waals surface area contributed by atoms with Crippen LogP contribution < -0.4 is 14.8 Å². The fourth-order valence-electron chi connectivity index (χ4n) is 1.99. The number of carbonyl (C=O) groups is 1. The molecule has 98 valence electrons. The molecule has 0 radical (unpaired) electrons. The zero-order valence-electron chi connectivity index (χ0n) is 10.3. The molecule has 0 unspecified atom stereocenters. The molecule has 18 heavy (non-hydrogen) atoms. The summed E-state index contributed by atoms with van der Waals surface area (Å²) in [5.41, 5.74) is 0.208. The molecule has 1 aromatic rings. The quantitative estimate of drug-likeness (QED) is 0.849. The van der Waals surface area contributed by atoms with Crippen molar-refractivity contribution in [1.82, 2.24) is 5.32 Å². The Morgan fingerprint density at radius 1 is 1.33 bits per heavy atom. The minimum atomic E-state index is -0.965. The first-order valence-corrected chi connectivity index (χ1v) is 5.99. The molecule has 1 fully saturated rings. The topological polar surface area (TPSA) is 67.8 Å². The van der Waals surface area contributed by atoms with Crippen LogP contribution in [0.1, 0.15) is 23.2 Å². The van der Waals surface area contributed by atoms with E-state index in [1.54, 1.807) is 13.2 Å². The number of benzene rings is 1. The molecule has 0 aliphatic carbocycles. The predicted octanol–water partition coefficient (Wildman–Crippen LogP) is 1.52. The average Bonchev–Trinajstić information content (AvgIpc) is 2.39. The van der Waals surface area contributed by atoms with Crippen LogP contribution in [0.15, 0.2) is 18.2 Å². The van der Waals surface area contributed by atoms with Gasteiger partial charge in [-0.25, -0.2) is 4.79 Å². The number of rotatable bonds is 4. The van der Waals surface area contributed by atoms with Crippen molar-refractivity contribution in [2.45, 2.75) is 18.9 Å². The maximum atomic E-state index is 10.9. The monoisotopic (exact) mass is 251 g/mol. The molecule has 5 heteroatoms. The third kappa shape index (κ3) is 2.92. The highest BCUT2D eigenvalue weighted by molar-refractivity contribution is 5.88. The van der Waals surface area contributed by atoms with Gasteiger partial charge in [0.05, 0.1) is 12.7 Å². The lowest BCUT2D eigenvalue weighted by molar-refractivity contribution is 0.0695. The molecule has 2 rings (SSSR count). The number of piperidine rings is 1. The van der Waals surface area contributed by atoms with Crippen molar-refractivity contribution in [1.29, 1.82) is 0 Å². The molecule has 2 N–H and O–H groups in total. The first-order chi connectivity index (χ1) is 8.70. The molecule has 0 bridgehead atoms. The van der Waals surface area contributed by atoms with E-state index in [0.29, 0.717) is 11.5 Å². The van der Waals surface area contributed by atoms with Gasteiger partial charge in [0.2, 0.25) is 0 Å². The van der Waals surface area contributed by atoms with Crippen molar-refractivity contribution in [3.8, 4) is 11.5 Å². The Bertz CT molecular complexity index is 427. The summed E-state index contributed by atoms with van der Waals surface area (Å²) in [5, 5.41) is 12.2. The lowest BCUT2D eigenvalue weighted by Crippen LogP contribution is -2.34. The molecule has 5 nitrogen and oxygen atoms in total. The van der Waals surface area contributed by atoms with Crippen molar-refractivity contribution in [3.05, 3.63) is 23.8 Å². The van der Waals surface area contributed by atoms with Crippen LogP contribution in [-0.4, -0.2) is 37.4 Å². The largest absolute Gasteiger partial charge is 0.493 e. The van der Waals surface area contributed by atoms with Gasteiger partial charge in [-0.15, -0.1) is 0 Å². The van der Waals surface area contributed by atoms with Crippen molar-refractivity contribution in [2.24, 2.45) is 0 Å². The number of aromatic carboxylic acids is 1. The number of nitrogens with one attached hydrogen (secondary N) is 1. The number of hydrogen-bond donors (Lipinski definition) is 2. The van der Waals surface area contributed by atoms with Crippen molar-refractivity contribution in [2.75, 3.05) is 20.2 Å². The number of ether oxygens (including phenoxy) is 2. The normalized spacial score (nSPS) is 16.3. The lowest BCUT2D eigenvalue weighted by Gasteiger charge is -2.24. The zero-order valence-corrected chi connectivity index (χ0v) is 10.3. The van der Waals surface area contributed by atoms with E-state index in [-0.39, 0.29) is 11.7 Å². The molecule has 1 aromatic carbocycles. The van der Waals surface area contributed by atoms with Crippen molar-refractivity contribution in [3.63, 3.8) is 0 Å². The molecule has 0 atom stereocenters. The second-order valence-electron chi connectivity index (χ2n) is 4.24. The molecule has 1 aliphatic heterocycles. The Morgan fingerprint density at radius 3 is 2.67 bits per heavy atom. The zero-order chi connectivity index (χ0) is 13.0. The Hall–Kier alpha value is -1.75. The van der Waals surface area contributed by atoms with Crippen LogP contribution in [-0.2, 0) is 0 Å². The Balaban J connectivity index is 2.17. The van der Waals surface area contributed by atoms with Crippen LogP contribution in [0.25, 0.3) is 0 Å². The third-order valence-corrected chi connectivity index (χ3v) is 2.99. The van der Waals surface area contributed by atoms with Gasteiger partial charge in [0.15, 0.2) is 11.5 Å². The van der Waals surface area contributed by atoms with E-state index >= 15 is 0 Å². The number of hydrogen-bond acceptors (Lipinski definition) is 4. The number of carboxylic acids is 1. The van der Waals surface area contributed by atoms with E-state index in [1.807, 2.05) is 0 Å². The molecule has 1 aliphatic rings. The highest BCUT2D eigenvalue weighted by Gasteiger charge is 2.17. The van der Waals surface area contributed by atoms with E-state index in [0.717, 1.165) is 25.9 Å². The Labute approximate surface area is 106 Å². The van der Waals surface area contributed by atoms with Gasteiger partial charge >= 0.3 is 5.97 Å². The standard InChI is InChI=1S/C13H17NO4/c1-17-11-3-2-9(13(15)16)8-12(11)18-10-4-6-14-7-5-10/h2-3,8,10,14H,4-7H2,1H3,(H,15,16). The van der Waals surface area contributed by atoms with E-state index in [4.69, 9.17) is 14.6 Å². The summed E-state index contributed by atoms with van der Waals surface area (Å²) in [7, 11) is 1.55. The average molecular weight is 251 g/mol. The molecular formula is C13H17NO4. The molecule has 0 saturated carbocycles. The van der Waals surface area contributed by atoms with E-state index in [2.05, 4.69) is 5.32 Å². The van der Waals surface area contributed by atoms with Gasteiger partial charge < -0.3 is 19.9 Å². The van der Waals surface area contributed by atoms with Gasteiger partial charge in [-0.05, 0) is 44.1 Å². The van der Waals surface area contributed by atoms with Crippen molar-refractivity contribution >= 4 is 5.97 Å². The predicted molar refractivity (Wildman–Crippen MR) is 66.5 cm³/mol. The molecular weight excluding hydrogens is 234 g/mol. The van der Waals surface area contributed by atoms with Gasteiger partial charge in [0.25, 0.3) is 0 Å². The van der Waals surface area contributed by atoms with Crippen LogP contribution in [0.3, 0.4) is 0 Å². The highest BCUT2D eigenvalue weighted by Crippen LogP contribution is 2.30. The summed E-state index contributed by atoms with van der Waals surface area (Å²) in [5.74, 6) is 0.107. The molecule has 1 heterocycles. The van der Waals surface area contributed by atoms with Gasteiger partial charge in [-0.3, -0.25) is 0 Å². The maximum absolute atomic E-state index is 10.9. The van der Waals surface area contributed by atoms with Gasteiger partial charge in [0, 0.05) is 0 Å². The molecule has 1 saturated heterocycles. The summed E-state index contributed by atoms with van der Waals surface area (Å²) in [6.45, 7) is 1.84. The SMILES string of the molecule is COc1ccc(C(=O)O)cc1OC1CCNCC1. The summed E-state index contributed by atoms with van der Waals surface area (Å²) < 4.78 is 11.0. The summed E-state index contributed by atoms with van der Waals surface area (Å²) in [6, 6.07) is 4.65. The maximum Gasteiger partial charge on any atom is 0.335 e. The van der Waals surface area contributed by atoms with Crippen molar-refractivity contribution < 1.29 is 19.4 Å². The Morgan fingerprint density at radius 2 is 2.06 bits per heavy atom.